The van der Waals surface area contributed by atoms with Gasteiger partial charge in [0.05, 0.1) is 20.5 Å². The second-order valence-electron chi connectivity index (χ2n) is 7.31. The number of nitrogens with one attached hydrogen (secondary N) is 2. The van der Waals surface area contributed by atoms with E-state index in [4.69, 9.17) is 23.2 Å². The highest BCUT2D eigenvalue weighted by Crippen LogP contribution is 2.28. The number of hydrogen-bond acceptors (Lipinski definition) is 6. The van der Waals surface area contributed by atoms with E-state index < -0.39 is 11.9 Å². The Morgan fingerprint density at radius 1 is 1.03 bits per heavy atom. The Kier molecular flexibility index (Phi) is 8.81. The lowest BCUT2D eigenvalue weighted by Crippen LogP contribution is -2.44. The molecule has 176 valence electrons. The van der Waals surface area contributed by atoms with Crippen LogP contribution in [0, 0.1) is 0 Å². The van der Waals surface area contributed by atoms with Gasteiger partial charge in [-0.15, -0.1) is 11.3 Å². The average Bonchev–Trinajstić information content (AvgIpc) is 3.34. The summed E-state index contributed by atoms with van der Waals surface area (Å²) >= 11 is 13.8. The van der Waals surface area contributed by atoms with Gasteiger partial charge in [-0.3, -0.25) is 14.4 Å². The number of amides is 2. The van der Waals surface area contributed by atoms with Crippen LogP contribution in [-0.4, -0.2) is 41.6 Å². The monoisotopic (exact) mass is 518 g/mol. The van der Waals surface area contributed by atoms with Crippen molar-refractivity contribution in [1.82, 2.24) is 10.6 Å². The van der Waals surface area contributed by atoms with Crippen molar-refractivity contribution in [1.29, 1.82) is 0 Å². The highest BCUT2D eigenvalue weighted by atomic mass is 35.5. The number of aldehydes is 1. The summed E-state index contributed by atoms with van der Waals surface area (Å²) in [6, 6.07) is 11.5. The molecule has 1 atom stereocenters. The van der Waals surface area contributed by atoms with Crippen molar-refractivity contribution in [3.63, 3.8) is 0 Å². The van der Waals surface area contributed by atoms with E-state index in [0.717, 1.165) is 0 Å². The average molecular weight is 519 g/mol. The fourth-order valence-electron chi connectivity index (χ4n) is 3.14. The van der Waals surface area contributed by atoms with E-state index in [9.17, 15) is 24.3 Å². The highest BCUT2D eigenvalue weighted by molar-refractivity contribution is 7.12. The molecule has 0 spiro atoms. The molecule has 3 N–H and O–H groups in total. The molecule has 0 fully saturated rings. The van der Waals surface area contributed by atoms with Crippen molar-refractivity contribution in [3.05, 3.63) is 85.5 Å². The molecule has 2 aromatic carbocycles. The molecule has 0 aliphatic rings. The number of aryl methyl sites for hydroxylation is 1. The zero-order valence-electron chi connectivity index (χ0n) is 17.7. The number of hydrogen-bond donors (Lipinski definition) is 3. The number of carbonyl (C=O) groups is 4. The summed E-state index contributed by atoms with van der Waals surface area (Å²) in [5, 5.41) is 16.5. The minimum Gasteiger partial charge on any atom is -0.508 e. The molecule has 0 unspecified atom stereocenters. The lowest BCUT2D eigenvalue weighted by Gasteiger charge is -2.15. The number of benzene rings is 2. The molecule has 1 aromatic heterocycles. The van der Waals surface area contributed by atoms with E-state index in [1.807, 2.05) is 0 Å². The van der Waals surface area contributed by atoms with Crippen LogP contribution in [0.1, 0.15) is 42.4 Å². The number of halogens is 2. The number of carbonyl (C=O) groups excluding carboxylic acids is 4. The molecular weight excluding hydrogens is 499 g/mol. The summed E-state index contributed by atoms with van der Waals surface area (Å²) < 4.78 is 0. The third kappa shape index (κ3) is 6.66. The van der Waals surface area contributed by atoms with Crippen molar-refractivity contribution in [3.8, 4) is 5.75 Å². The van der Waals surface area contributed by atoms with Gasteiger partial charge in [0.25, 0.3) is 11.8 Å². The lowest BCUT2D eigenvalue weighted by molar-refractivity contribution is -0.109. The van der Waals surface area contributed by atoms with E-state index in [1.54, 1.807) is 29.6 Å². The smallest absolute Gasteiger partial charge is 0.261 e. The Morgan fingerprint density at radius 2 is 1.76 bits per heavy atom. The quantitative estimate of drug-likeness (QED) is 0.273. The van der Waals surface area contributed by atoms with Gasteiger partial charge in [0.2, 0.25) is 0 Å². The third-order valence-electron chi connectivity index (χ3n) is 4.85. The zero-order chi connectivity index (χ0) is 24.7. The molecule has 3 aromatic rings. The van der Waals surface area contributed by atoms with Gasteiger partial charge in [0.15, 0.2) is 5.78 Å². The predicted molar refractivity (Wildman–Crippen MR) is 131 cm³/mol. The second kappa shape index (κ2) is 11.8. The van der Waals surface area contributed by atoms with Crippen molar-refractivity contribution in [2.24, 2.45) is 0 Å². The number of phenols is 1. The molecular formula is C24H20Cl2N2O5S. The van der Waals surface area contributed by atoms with Crippen molar-refractivity contribution >= 4 is 58.4 Å². The van der Waals surface area contributed by atoms with Crippen molar-refractivity contribution in [2.75, 3.05) is 6.54 Å². The van der Waals surface area contributed by atoms with Crippen LogP contribution in [0.15, 0.2) is 53.9 Å². The maximum Gasteiger partial charge on any atom is 0.261 e. The number of phenolic OH excluding ortho intramolecular Hbond substituents is 1. The fourth-order valence-corrected chi connectivity index (χ4v) is 4.48. The molecule has 3 rings (SSSR count). The van der Waals surface area contributed by atoms with Crippen LogP contribution < -0.4 is 10.6 Å². The number of ketones is 1. The maximum atomic E-state index is 12.7. The molecule has 0 saturated heterocycles. The van der Waals surface area contributed by atoms with Crippen LogP contribution in [0.5, 0.6) is 5.75 Å². The van der Waals surface area contributed by atoms with Gasteiger partial charge in [-0.2, -0.15) is 0 Å². The largest absolute Gasteiger partial charge is 0.508 e. The Morgan fingerprint density at radius 3 is 2.38 bits per heavy atom. The molecule has 0 saturated carbocycles. The molecule has 2 amide bonds. The molecule has 0 bridgehead atoms. The normalized spacial score (nSPS) is 11.5. The van der Waals surface area contributed by atoms with Gasteiger partial charge in [-0.1, -0.05) is 41.4 Å². The maximum absolute atomic E-state index is 12.7. The molecule has 34 heavy (non-hydrogen) atoms. The molecule has 10 heteroatoms. The van der Waals surface area contributed by atoms with Crippen LogP contribution in [0.4, 0.5) is 0 Å². The van der Waals surface area contributed by atoms with Crippen LogP contribution in [0.3, 0.4) is 0 Å². The zero-order valence-corrected chi connectivity index (χ0v) is 20.0. The molecule has 0 radical (unpaired) electrons. The second-order valence-corrected chi connectivity index (χ2v) is 9.07. The van der Waals surface area contributed by atoms with Gasteiger partial charge in [0, 0.05) is 18.5 Å². The Labute approximate surface area is 209 Å². The first-order chi connectivity index (χ1) is 16.3. The Bertz CT molecular complexity index is 1190. The number of rotatable bonds is 10. The fraction of sp³-hybridized carbons (Fsp3) is 0.167. The number of aromatic hydroxyl groups is 1. The molecule has 0 aliphatic heterocycles. The Hall–Kier alpha value is -3.20. The SMILES string of the molecule is O=C[C@H](CNC(=O)c1cccs1)NC(=O)c1c(Cl)cc(CCC(=O)c2cccc(O)c2)cc1Cl. The minimum atomic E-state index is -0.983. The molecule has 0 aliphatic carbocycles. The summed E-state index contributed by atoms with van der Waals surface area (Å²) in [6.45, 7) is -0.101. The van der Waals surface area contributed by atoms with Crippen LogP contribution in [0.25, 0.3) is 0 Å². The van der Waals surface area contributed by atoms with Crippen LogP contribution in [0.2, 0.25) is 10.0 Å². The van der Waals surface area contributed by atoms with Gasteiger partial charge in [-0.25, -0.2) is 0 Å². The van der Waals surface area contributed by atoms with Gasteiger partial charge in [0.1, 0.15) is 18.1 Å². The highest BCUT2D eigenvalue weighted by Gasteiger charge is 2.20. The Balaban J connectivity index is 1.61. The van der Waals surface area contributed by atoms with Crippen LogP contribution >= 0.6 is 34.5 Å². The standard InChI is InChI=1S/C24H20Cl2N2O5S/c25-18-9-14(6-7-20(31)15-3-1-4-17(30)11-15)10-19(26)22(18)24(33)28-16(13-29)12-27-23(32)21-5-2-8-34-21/h1-5,8-11,13,16,30H,6-7,12H2,(H,27,32)(H,28,33)/t16-/m0/s1. The van der Waals surface area contributed by atoms with Crippen molar-refractivity contribution < 1.29 is 24.3 Å². The third-order valence-corrected chi connectivity index (χ3v) is 6.31. The van der Waals surface area contributed by atoms with E-state index in [1.165, 1.54) is 35.6 Å². The molecule has 1 heterocycles. The number of Topliss-reactive ketones (excluding diaryl/α,β-unsaturated/α-hetero) is 1. The summed E-state index contributed by atoms with van der Waals surface area (Å²) in [5.41, 5.74) is 1.03. The first kappa shape index (κ1) is 25.4. The van der Waals surface area contributed by atoms with Gasteiger partial charge in [-0.05, 0) is 47.7 Å². The number of thiophene rings is 1. The summed E-state index contributed by atoms with van der Waals surface area (Å²) in [6.07, 6.45) is 0.982. The first-order valence-corrected chi connectivity index (χ1v) is 11.8. The van der Waals surface area contributed by atoms with Crippen molar-refractivity contribution in [2.45, 2.75) is 18.9 Å². The van der Waals surface area contributed by atoms with Gasteiger partial charge >= 0.3 is 0 Å². The lowest BCUT2D eigenvalue weighted by atomic mass is 10.0. The van der Waals surface area contributed by atoms with E-state index in [2.05, 4.69) is 10.6 Å². The van der Waals surface area contributed by atoms with Gasteiger partial charge < -0.3 is 20.5 Å². The van der Waals surface area contributed by atoms with E-state index >= 15 is 0 Å². The summed E-state index contributed by atoms with van der Waals surface area (Å²) in [4.78, 5) is 49.0. The topological polar surface area (TPSA) is 113 Å². The first-order valence-electron chi connectivity index (χ1n) is 10.2. The molecule has 7 nitrogen and oxygen atoms in total. The summed E-state index contributed by atoms with van der Waals surface area (Å²) in [5.74, 6) is -1.17. The van der Waals surface area contributed by atoms with E-state index in [-0.39, 0.29) is 46.0 Å². The van der Waals surface area contributed by atoms with Crippen LogP contribution in [-0.2, 0) is 11.2 Å². The minimum absolute atomic E-state index is 0.00650. The predicted octanol–water partition coefficient (Wildman–Crippen LogP) is 4.30. The summed E-state index contributed by atoms with van der Waals surface area (Å²) in [7, 11) is 0. The van der Waals surface area contributed by atoms with E-state index in [0.29, 0.717) is 28.7 Å².